The van der Waals surface area contributed by atoms with Gasteiger partial charge in [0, 0.05) is 6.04 Å². The normalized spacial score (nSPS) is 22.6. The van der Waals surface area contributed by atoms with Crippen molar-refractivity contribution in [2.75, 3.05) is 6.54 Å². The molecule has 1 aliphatic rings. The molecule has 2 N–H and O–H groups in total. The molecule has 1 saturated heterocycles. The molecule has 0 amide bonds. The maximum absolute atomic E-state index is 11.5. The number of piperidine rings is 1. The molecule has 0 spiro atoms. The van der Waals surface area contributed by atoms with E-state index in [1.165, 1.54) is 0 Å². The third-order valence-electron chi connectivity index (χ3n) is 3.61. The topological polar surface area (TPSA) is 60.8 Å². The minimum Gasteiger partial charge on any atom is -0.508 e. The Labute approximate surface area is 107 Å². The number of phenolic OH excluding ortho intramolecular Hbond substituents is 1. The molecule has 0 aliphatic carbocycles. The lowest BCUT2D eigenvalue weighted by Gasteiger charge is -2.37. The largest absolute Gasteiger partial charge is 0.508 e. The first kappa shape index (κ1) is 12.9. The number of carboxylic acids is 1. The Hall–Kier alpha value is -1.55. The summed E-state index contributed by atoms with van der Waals surface area (Å²) in [5, 5.41) is 19.0. The van der Waals surface area contributed by atoms with Crippen molar-refractivity contribution in [3.8, 4) is 5.75 Å². The molecule has 2 atom stereocenters. The van der Waals surface area contributed by atoms with Gasteiger partial charge in [-0.25, -0.2) is 0 Å². The van der Waals surface area contributed by atoms with Crippen LogP contribution in [0.3, 0.4) is 0 Å². The highest BCUT2D eigenvalue weighted by Gasteiger charge is 2.32. The van der Waals surface area contributed by atoms with E-state index in [4.69, 9.17) is 0 Å². The van der Waals surface area contributed by atoms with Crippen LogP contribution in [0.15, 0.2) is 24.3 Å². The van der Waals surface area contributed by atoms with Crippen LogP contribution in [0, 0.1) is 0 Å². The van der Waals surface area contributed by atoms with Gasteiger partial charge in [0.1, 0.15) is 11.8 Å². The van der Waals surface area contributed by atoms with Crippen molar-refractivity contribution in [3.05, 3.63) is 29.8 Å². The summed E-state index contributed by atoms with van der Waals surface area (Å²) in [6.45, 7) is 2.87. The number of aliphatic carboxylic acids is 1. The van der Waals surface area contributed by atoms with Gasteiger partial charge in [-0.3, -0.25) is 9.69 Å². The van der Waals surface area contributed by atoms with Crippen LogP contribution in [-0.4, -0.2) is 33.7 Å². The third kappa shape index (κ3) is 2.64. The van der Waals surface area contributed by atoms with Crippen LogP contribution in [0.5, 0.6) is 5.75 Å². The van der Waals surface area contributed by atoms with E-state index in [0.717, 1.165) is 25.8 Å². The number of nitrogens with zero attached hydrogens (tertiary/aromatic N) is 1. The van der Waals surface area contributed by atoms with E-state index in [1.54, 1.807) is 24.3 Å². The molecule has 0 radical (unpaired) electrons. The minimum atomic E-state index is -0.852. The van der Waals surface area contributed by atoms with Gasteiger partial charge in [-0.1, -0.05) is 18.6 Å². The molecule has 1 fully saturated rings. The summed E-state index contributed by atoms with van der Waals surface area (Å²) in [7, 11) is 0. The fourth-order valence-corrected chi connectivity index (χ4v) is 2.67. The number of aromatic hydroxyl groups is 1. The summed E-state index contributed by atoms with van der Waals surface area (Å²) in [5.74, 6) is -0.738. The first-order valence-electron chi connectivity index (χ1n) is 6.37. The average molecular weight is 249 g/mol. The summed E-state index contributed by atoms with van der Waals surface area (Å²) in [5.41, 5.74) is 0.649. The predicted octanol–water partition coefficient (Wildman–Crippen LogP) is 2.39. The van der Waals surface area contributed by atoms with Crippen molar-refractivity contribution in [1.82, 2.24) is 4.90 Å². The van der Waals surface area contributed by atoms with Crippen molar-refractivity contribution < 1.29 is 15.0 Å². The fourth-order valence-electron chi connectivity index (χ4n) is 2.67. The summed E-state index contributed by atoms with van der Waals surface area (Å²) in [6.07, 6.45) is 3.22. The first-order chi connectivity index (χ1) is 8.59. The zero-order valence-electron chi connectivity index (χ0n) is 10.5. The molecule has 98 valence electrons. The zero-order valence-corrected chi connectivity index (χ0v) is 10.5. The van der Waals surface area contributed by atoms with Crippen molar-refractivity contribution in [2.24, 2.45) is 0 Å². The first-order valence-corrected chi connectivity index (χ1v) is 6.37. The van der Waals surface area contributed by atoms with Crippen LogP contribution in [0.2, 0.25) is 0 Å². The molecule has 0 saturated carbocycles. The van der Waals surface area contributed by atoms with Crippen molar-refractivity contribution in [2.45, 2.75) is 38.3 Å². The van der Waals surface area contributed by atoms with Crippen LogP contribution in [0.25, 0.3) is 0 Å². The smallest absolute Gasteiger partial charge is 0.325 e. The quantitative estimate of drug-likeness (QED) is 0.863. The Morgan fingerprint density at radius 1 is 1.44 bits per heavy atom. The lowest BCUT2D eigenvalue weighted by Crippen LogP contribution is -2.43. The molecule has 0 aromatic heterocycles. The number of phenols is 1. The van der Waals surface area contributed by atoms with Crippen molar-refractivity contribution in [1.29, 1.82) is 0 Å². The van der Waals surface area contributed by atoms with E-state index >= 15 is 0 Å². The second-order valence-corrected chi connectivity index (χ2v) is 4.92. The van der Waals surface area contributed by atoms with Crippen molar-refractivity contribution >= 4 is 5.97 Å². The lowest BCUT2D eigenvalue weighted by atomic mass is 9.97. The van der Waals surface area contributed by atoms with Gasteiger partial charge >= 0.3 is 5.97 Å². The second-order valence-electron chi connectivity index (χ2n) is 4.92. The van der Waals surface area contributed by atoms with Crippen LogP contribution in [-0.2, 0) is 4.79 Å². The second kappa shape index (κ2) is 5.40. The molecule has 18 heavy (non-hydrogen) atoms. The maximum Gasteiger partial charge on any atom is 0.325 e. The maximum atomic E-state index is 11.5. The highest BCUT2D eigenvalue weighted by Crippen LogP contribution is 2.30. The van der Waals surface area contributed by atoms with E-state index in [-0.39, 0.29) is 11.8 Å². The van der Waals surface area contributed by atoms with E-state index in [0.29, 0.717) is 5.56 Å². The number of carboxylic acid groups (broad SMARTS) is 1. The van der Waals surface area contributed by atoms with E-state index in [2.05, 4.69) is 6.92 Å². The number of carbonyl (C=O) groups is 1. The number of rotatable bonds is 3. The Morgan fingerprint density at radius 2 is 2.22 bits per heavy atom. The number of hydrogen-bond acceptors (Lipinski definition) is 3. The molecule has 4 nitrogen and oxygen atoms in total. The Balaban J connectivity index is 2.30. The molecule has 1 heterocycles. The summed E-state index contributed by atoms with van der Waals surface area (Å²) in [6, 6.07) is 6.16. The molecule has 2 rings (SSSR count). The van der Waals surface area contributed by atoms with Gasteiger partial charge in [0.25, 0.3) is 0 Å². The van der Waals surface area contributed by atoms with Gasteiger partial charge in [-0.2, -0.15) is 0 Å². The van der Waals surface area contributed by atoms with Gasteiger partial charge in [-0.05, 0) is 44.0 Å². The van der Waals surface area contributed by atoms with Crippen molar-refractivity contribution in [3.63, 3.8) is 0 Å². The van der Waals surface area contributed by atoms with E-state index in [9.17, 15) is 15.0 Å². The molecule has 1 aliphatic heterocycles. The number of hydrogen-bond donors (Lipinski definition) is 2. The predicted molar refractivity (Wildman–Crippen MR) is 68.5 cm³/mol. The monoisotopic (exact) mass is 249 g/mol. The molecule has 1 aromatic carbocycles. The Morgan fingerprint density at radius 3 is 2.83 bits per heavy atom. The van der Waals surface area contributed by atoms with Crippen LogP contribution < -0.4 is 0 Å². The third-order valence-corrected chi connectivity index (χ3v) is 3.61. The van der Waals surface area contributed by atoms with E-state index in [1.807, 2.05) is 4.90 Å². The van der Waals surface area contributed by atoms with Crippen LogP contribution >= 0.6 is 0 Å². The fraction of sp³-hybridized carbons (Fsp3) is 0.500. The Kier molecular flexibility index (Phi) is 3.87. The summed E-state index contributed by atoms with van der Waals surface area (Å²) >= 11 is 0. The molecule has 2 unspecified atom stereocenters. The lowest BCUT2D eigenvalue weighted by molar-refractivity contribution is -0.145. The number of likely N-dealkylation sites (tertiary alicyclic amines) is 1. The highest BCUT2D eigenvalue weighted by atomic mass is 16.4. The van der Waals surface area contributed by atoms with Gasteiger partial charge in [0.2, 0.25) is 0 Å². The molecule has 0 bridgehead atoms. The molecule has 4 heteroatoms. The standard InChI is InChI=1S/C14H19NO3/c1-10-5-2-3-8-15(10)13(14(17)18)11-6-4-7-12(16)9-11/h4,6-7,9-10,13,16H,2-3,5,8H2,1H3,(H,17,18). The summed E-state index contributed by atoms with van der Waals surface area (Å²) < 4.78 is 0. The van der Waals surface area contributed by atoms with Gasteiger partial charge in [0.15, 0.2) is 0 Å². The van der Waals surface area contributed by atoms with Crippen LogP contribution in [0.4, 0.5) is 0 Å². The minimum absolute atomic E-state index is 0.114. The number of benzene rings is 1. The SMILES string of the molecule is CC1CCCCN1C(C(=O)O)c1cccc(O)c1. The highest BCUT2D eigenvalue weighted by molar-refractivity contribution is 5.75. The molecular formula is C14H19NO3. The molecular weight excluding hydrogens is 230 g/mol. The van der Waals surface area contributed by atoms with Gasteiger partial charge in [0.05, 0.1) is 0 Å². The van der Waals surface area contributed by atoms with Gasteiger partial charge in [-0.15, -0.1) is 0 Å². The zero-order chi connectivity index (χ0) is 13.1. The average Bonchev–Trinajstić information content (AvgIpc) is 2.32. The van der Waals surface area contributed by atoms with E-state index < -0.39 is 12.0 Å². The Bertz CT molecular complexity index is 433. The molecule has 1 aromatic rings. The summed E-state index contributed by atoms with van der Waals surface area (Å²) in [4.78, 5) is 13.5. The van der Waals surface area contributed by atoms with Gasteiger partial charge < -0.3 is 10.2 Å². The van der Waals surface area contributed by atoms with Crippen LogP contribution in [0.1, 0.15) is 37.8 Å².